The Morgan fingerprint density at radius 2 is 1.73 bits per heavy atom. The number of nitrogens with one attached hydrogen (secondary N) is 2. The Morgan fingerprint density at radius 3 is 2.41 bits per heavy atom. The third-order valence-corrected chi connectivity index (χ3v) is 6.47. The number of anilines is 2. The van der Waals surface area contributed by atoms with E-state index in [9.17, 15) is 13.2 Å². The molecule has 0 aliphatic heterocycles. The molecule has 4 aromatic rings. The predicted molar refractivity (Wildman–Crippen MR) is 135 cm³/mol. The van der Waals surface area contributed by atoms with Crippen LogP contribution in [0.3, 0.4) is 0 Å². The molecular formula is C23H21ClN6O6S. The number of amides is 1. The van der Waals surface area contributed by atoms with Crippen molar-refractivity contribution in [3.8, 4) is 17.6 Å². The topological polar surface area (TPSA) is 147 Å². The number of hydrogen-bond acceptors (Lipinski definition) is 9. The Morgan fingerprint density at radius 1 is 1.00 bits per heavy atom. The lowest BCUT2D eigenvalue weighted by Gasteiger charge is -2.11. The first kappa shape index (κ1) is 25.7. The molecule has 0 saturated heterocycles. The molecule has 2 heterocycles. The molecule has 2 aromatic heterocycles. The van der Waals surface area contributed by atoms with E-state index in [1.807, 2.05) is 0 Å². The van der Waals surface area contributed by atoms with Gasteiger partial charge in [0, 0.05) is 23.0 Å². The predicted octanol–water partition coefficient (Wildman–Crippen LogP) is 3.43. The second-order valence-electron chi connectivity index (χ2n) is 7.31. The number of benzene rings is 2. The molecule has 192 valence electrons. The van der Waals surface area contributed by atoms with Gasteiger partial charge in [0.1, 0.15) is 11.4 Å². The first-order valence-electron chi connectivity index (χ1n) is 10.6. The molecular weight excluding hydrogens is 524 g/mol. The van der Waals surface area contributed by atoms with Crippen LogP contribution in [0.25, 0.3) is 0 Å². The summed E-state index contributed by atoms with van der Waals surface area (Å²) in [4.78, 5) is 20.6. The Balaban J connectivity index is 1.41. The van der Waals surface area contributed by atoms with Gasteiger partial charge in [-0.25, -0.2) is 13.1 Å². The van der Waals surface area contributed by atoms with Crippen LogP contribution in [0.5, 0.6) is 17.6 Å². The van der Waals surface area contributed by atoms with Gasteiger partial charge in [-0.05, 0) is 54.6 Å². The molecule has 0 aliphatic carbocycles. The summed E-state index contributed by atoms with van der Waals surface area (Å²) in [6.45, 7) is -0.00114. The molecule has 14 heteroatoms. The molecule has 0 spiro atoms. The number of carbonyl (C=O) groups is 1. The zero-order valence-corrected chi connectivity index (χ0v) is 21.2. The highest BCUT2D eigenvalue weighted by Gasteiger charge is 2.18. The number of sulfonamides is 1. The summed E-state index contributed by atoms with van der Waals surface area (Å²) in [6, 6.07) is 15.2. The highest BCUT2D eigenvalue weighted by atomic mass is 35.5. The van der Waals surface area contributed by atoms with Crippen molar-refractivity contribution >= 4 is 39.0 Å². The average molecular weight is 545 g/mol. The molecule has 0 unspecified atom stereocenters. The standard InChI is InChI=1S/C23H21ClN6O6S/c1-34-21-13-20(27-23(28-21)35-2)29-37(32,33)18-9-5-16(6-10-18)26-22(31)19-11-12-25-30(19)14-36-17-7-3-15(24)4-8-17/h3-13H,14H2,1-2H3,(H,26,31)(H,27,28,29). The third-order valence-electron chi connectivity index (χ3n) is 4.85. The zero-order chi connectivity index (χ0) is 26.4. The van der Waals surface area contributed by atoms with Crippen molar-refractivity contribution in [3.05, 3.63) is 77.6 Å². The van der Waals surface area contributed by atoms with E-state index < -0.39 is 15.9 Å². The molecule has 0 radical (unpaired) electrons. The van der Waals surface area contributed by atoms with Crippen molar-refractivity contribution in [2.24, 2.45) is 0 Å². The van der Waals surface area contributed by atoms with Crippen LogP contribution in [0.1, 0.15) is 10.5 Å². The molecule has 37 heavy (non-hydrogen) atoms. The monoisotopic (exact) mass is 544 g/mol. The number of nitrogens with zero attached hydrogens (tertiary/aromatic N) is 4. The lowest BCUT2D eigenvalue weighted by Crippen LogP contribution is -2.20. The quantitative estimate of drug-likeness (QED) is 0.306. The molecule has 0 aliphatic rings. The molecule has 12 nitrogen and oxygen atoms in total. The van der Waals surface area contributed by atoms with Gasteiger partial charge in [0.25, 0.3) is 15.9 Å². The van der Waals surface area contributed by atoms with Gasteiger partial charge in [-0.15, -0.1) is 0 Å². The minimum absolute atomic E-state index is 0.00114. The van der Waals surface area contributed by atoms with Crippen molar-refractivity contribution < 1.29 is 27.4 Å². The second kappa shape index (κ2) is 11.1. The highest BCUT2D eigenvalue weighted by molar-refractivity contribution is 7.92. The molecule has 2 N–H and O–H groups in total. The van der Waals surface area contributed by atoms with E-state index in [1.165, 1.54) is 61.5 Å². The third kappa shape index (κ3) is 6.45. The van der Waals surface area contributed by atoms with Gasteiger partial charge >= 0.3 is 6.01 Å². The summed E-state index contributed by atoms with van der Waals surface area (Å²) in [6.07, 6.45) is 1.47. The number of halogens is 1. The summed E-state index contributed by atoms with van der Waals surface area (Å²) in [7, 11) is -1.27. The lowest BCUT2D eigenvalue weighted by molar-refractivity contribution is 0.100. The highest BCUT2D eigenvalue weighted by Crippen LogP contribution is 2.22. The molecule has 0 fully saturated rings. The van der Waals surface area contributed by atoms with Gasteiger partial charge in [-0.3, -0.25) is 9.52 Å². The first-order valence-corrected chi connectivity index (χ1v) is 12.4. The number of ether oxygens (including phenoxy) is 3. The Bertz CT molecular complexity index is 1470. The lowest BCUT2D eigenvalue weighted by atomic mass is 10.3. The van der Waals surface area contributed by atoms with Crippen LogP contribution in [0.2, 0.25) is 5.02 Å². The SMILES string of the molecule is COc1cc(NS(=O)(=O)c2ccc(NC(=O)c3ccnn3COc3ccc(Cl)cc3)cc2)nc(OC)n1. The summed E-state index contributed by atoms with van der Waals surface area (Å²) in [5, 5.41) is 7.40. The summed E-state index contributed by atoms with van der Waals surface area (Å²) in [5.41, 5.74) is 0.625. The van der Waals surface area contributed by atoms with Gasteiger partial charge in [-0.2, -0.15) is 15.1 Å². The number of hydrogen-bond donors (Lipinski definition) is 2. The summed E-state index contributed by atoms with van der Waals surface area (Å²) >= 11 is 5.87. The molecule has 2 aromatic carbocycles. The van der Waals surface area contributed by atoms with Crippen molar-refractivity contribution in [2.75, 3.05) is 24.3 Å². The molecule has 1 amide bonds. The van der Waals surface area contributed by atoms with E-state index in [-0.39, 0.29) is 35.0 Å². The number of aromatic nitrogens is 4. The van der Waals surface area contributed by atoms with Crippen molar-refractivity contribution in [2.45, 2.75) is 11.6 Å². The molecule has 0 saturated carbocycles. The fourth-order valence-corrected chi connectivity index (χ4v) is 4.17. The maximum atomic E-state index is 12.8. The van der Waals surface area contributed by atoms with E-state index in [2.05, 4.69) is 25.1 Å². The van der Waals surface area contributed by atoms with E-state index in [1.54, 1.807) is 24.3 Å². The van der Waals surface area contributed by atoms with Crippen LogP contribution in [0.15, 0.2) is 71.8 Å². The molecule has 4 rings (SSSR count). The van der Waals surface area contributed by atoms with E-state index >= 15 is 0 Å². The van der Waals surface area contributed by atoms with Gasteiger partial charge in [-0.1, -0.05) is 11.6 Å². The van der Waals surface area contributed by atoms with Crippen molar-refractivity contribution in [1.82, 2.24) is 19.7 Å². The Labute approximate surface area is 217 Å². The van der Waals surface area contributed by atoms with Gasteiger partial charge in [0.05, 0.1) is 19.1 Å². The fourth-order valence-electron chi connectivity index (χ4n) is 3.06. The number of methoxy groups -OCH3 is 2. The van der Waals surface area contributed by atoms with Crippen LogP contribution in [-0.2, 0) is 16.8 Å². The van der Waals surface area contributed by atoms with E-state index in [4.69, 9.17) is 25.8 Å². The summed E-state index contributed by atoms with van der Waals surface area (Å²) < 4.78 is 45.0. The van der Waals surface area contributed by atoms with Crippen molar-refractivity contribution in [1.29, 1.82) is 0 Å². The number of rotatable bonds is 10. The Kier molecular flexibility index (Phi) is 7.74. The van der Waals surface area contributed by atoms with E-state index in [0.717, 1.165) is 0 Å². The van der Waals surface area contributed by atoms with Crippen LogP contribution in [0, 0.1) is 0 Å². The van der Waals surface area contributed by atoms with E-state index in [0.29, 0.717) is 16.5 Å². The largest absolute Gasteiger partial charge is 0.481 e. The van der Waals surface area contributed by atoms with Crippen LogP contribution in [-0.4, -0.2) is 48.3 Å². The van der Waals surface area contributed by atoms with Crippen LogP contribution < -0.4 is 24.2 Å². The van der Waals surface area contributed by atoms with Gasteiger partial charge in [0.15, 0.2) is 12.5 Å². The first-order chi connectivity index (χ1) is 17.8. The smallest absolute Gasteiger partial charge is 0.321 e. The normalized spacial score (nSPS) is 11.0. The van der Waals surface area contributed by atoms with Gasteiger partial charge < -0.3 is 19.5 Å². The molecule has 0 bridgehead atoms. The van der Waals surface area contributed by atoms with Crippen LogP contribution >= 0.6 is 11.6 Å². The average Bonchev–Trinajstić information content (AvgIpc) is 3.37. The fraction of sp³-hybridized carbons (Fsp3) is 0.130. The Hall–Kier alpha value is -4.36. The maximum Gasteiger partial charge on any atom is 0.321 e. The minimum Gasteiger partial charge on any atom is -0.481 e. The molecule has 0 atom stereocenters. The second-order valence-corrected chi connectivity index (χ2v) is 9.43. The minimum atomic E-state index is -4.00. The summed E-state index contributed by atoms with van der Waals surface area (Å²) in [5.74, 6) is 0.206. The van der Waals surface area contributed by atoms with Gasteiger partial charge in [0.2, 0.25) is 5.88 Å². The zero-order valence-electron chi connectivity index (χ0n) is 19.6. The maximum absolute atomic E-state index is 12.8. The van der Waals surface area contributed by atoms with Crippen LogP contribution in [0.4, 0.5) is 11.5 Å². The number of carbonyl (C=O) groups excluding carboxylic acids is 1. The van der Waals surface area contributed by atoms with Crippen molar-refractivity contribution in [3.63, 3.8) is 0 Å².